The lowest BCUT2D eigenvalue weighted by Gasteiger charge is -2.12. The number of carbonyl (C=O) groups excluding carboxylic acids is 2. The van der Waals surface area contributed by atoms with E-state index in [0.717, 1.165) is 0 Å². The average molecular weight is 175 g/mol. The van der Waals surface area contributed by atoms with E-state index in [9.17, 15) is 9.59 Å². The lowest BCUT2D eigenvalue weighted by molar-refractivity contribution is -0.145. The second-order valence-corrected chi connectivity index (χ2v) is 2.21. The first kappa shape index (κ1) is 10.9. The molecule has 1 atom stereocenters. The van der Waals surface area contributed by atoms with E-state index in [1.165, 1.54) is 7.11 Å². The molecule has 0 saturated carbocycles. The van der Waals surface area contributed by atoms with Crippen molar-refractivity contribution in [3.63, 3.8) is 0 Å². The van der Waals surface area contributed by atoms with Gasteiger partial charge >= 0.3 is 5.97 Å². The maximum absolute atomic E-state index is 10.9. The summed E-state index contributed by atoms with van der Waals surface area (Å²) in [7, 11) is 1.25. The summed E-state index contributed by atoms with van der Waals surface area (Å²) in [5, 5.41) is 10.7. The molecule has 0 heterocycles. The molecule has 0 unspecified atom stereocenters. The standard InChI is InChI=1S/C7H13NO4/c1-3-5(7(11)12-2)8-6(10)4-9/h5,9H,3-4H2,1-2H3,(H,8,10)/t5-/m0/s1. The van der Waals surface area contributed by atoms with Gasteiger partial charge in [-0.15, -0.1) is 0 Å². The Morgan fingerprint density at radius 2 is 2.17 bits per heavy atom. The number of aliphatic hydroxyl groups is 1. The van der Waals surface area contributed by atoms with Gasteiger partial charge in [-0.1, -0.05) is 6.92 Å². The number of hydrogen-bond donors (Lipinski definition) is 2. The quantitative estimate of drug-likeness (QED) is 0.540. The highest BCUT2D eigenvalue weighted by molar-refractivity contribution is 5.84. The van der Waals surface area contributed by atoms with E-state index in [-0.39, 0.29) is 0 Å². The second kappa shape index (κ2) is 5.54. The Balaban J connectivity index is 3.99. The lowest BCUT2D eigenvalue weighted by Crippen LogP contribution is -2.42. The van der Waals surface area contributed by atoms with Crippen LogP contribution in [0.15, 0.2) is 0 Å². The minimum Gasteiger partial charge on any atom is -0.467 e. The third-order valence-electron chi connectivity index (χ3n) is 1.37. The smallest absolute Gasteiger partial charge is 0.328 e. The summed E-state index contributed by atoms with van der Waals surface area (Å²) < 4.78 is 4.41. The zero-order valence-electron chi connectivity index (χ0n) is 7.16. The molecule has 1 amide bonds. The van der Waals surface area contributed by atoms with E-state index in [1.807, 2.05) is 0 Å². The molecule has 0 aliphatic rings. The Morgan fingerprint density at radius 3 is 2.50 bits per heavy atom. The molecule has 0 spiro atoms. The Labute approximate surface area is 70.7 Å². The highest BCUT2D eigenvalue weighted by Crippen LogP contribution is 1.93. The van der Waals surface area contributed by atoms with Gasteiger partial charge in [0.15, 0.2) is 0 Å². The number of esters is 1. The Bertz CT molecular complexity index is 169. The summed E-state index contributed by atoms with van der Waals surface area (Å²) in [6, 6.07) is -0.658. The maximum Gasteiger partial charge on any atom is 0.328 e. The molecule has 0 aliphatic heterocycles. The van der Waals surface area contributed by atoms with E-state index in [0.29, 0.717) is 6.42 Å². The zero-order valence-corrected chi connectivity index (χ0v) is 7.16. The van der Waals surface area contributed by atoms with Gasteiger partial charge in [0.25, 0.3) is 0 Å². The molecule has 2 N–H and O–H groups in total. The molecule has 5 heteroatoms. The Hall–Kier alpha value is -1.10. The van der Waals surface area contributed by atoms with Crippen LogP contribution in [-0.4, -0.2) is 36.7 Å². The molecule has 0 saturated heterocycles. The predicted octanol–water partition coefficient (Wildman–Crippen LogP) is -0.953. The number of carbonyl (C=O) groups is 2. The van der Waals surface area contributed by atoms with E-state index in [2.05, 4.69) is 10.1 Å². The molecular formula is C7H13NO4. The Morgan fingerprint density at radius 1 is 1.58 bits per heavy atom. The first-order chi connectivity index (χ1) is 5.65. The fourth-order valence-electron chi connectivity index (χ4n) is 0.710. The van der Waals surface area contributed by atoms with Gasteiger partial charge in [0.05, 0.1) is 7.11 Å². The molecule has 5 nitrogen and oxygen atoms in total. The summed E-state index contributed by atoms with van der Waals surface area (Å²) in [6.45, 7) is 1.12. The molecule has 0 radical (unpaired) electrons. The number of aliphatic hydroxyl groups excluding tert-OH is 1. The van der Waals surface area contributed by atoms with Crippen LogP contribution in [0.5, 0.6) is 0 Å². The van der Waals surface area contributed by atoms with Gasteiger partial charge in [-0.2, -0.15) is 0 Å². The van der Waals surface area contributed by atoms with Gasteiger partial charge in [0, 0.05) is 0 Å². The number of nitrogens with one attached hydrogen (secondary N) is 1. The number of methoxy groups -OCH3 is 1. The molecule has 70 valence electrons. The molecule has 0 bridgehead atoms. The van der Waals surface area contributed by atoms with E-state index in [1.54, 1.807) is 6.92 Å². The van der Waals surface area contributed by atoms with E-state index in [4.69, 9.17) is 5.11 Å². The highest BCUT2D eigenvalue weighted by Gasteiger charge is 2.18. The molecule has 0 aromatic heterocycles. The summed E-state index contributed by atoms with van der Waals surface area (Å²) in [5.41, 5.74) is 0. The summed E-state index contributed by atoms with van der Waals surface area (Å²) in [6.07, 6.45) is 0.443. The molecule has 0 aromatic carbocycles. The maximum atomic E-state index is 10.9. The largest absolute Gasteiger partial charge is 0.467 e. The van der Waals surface area contributed by atoms with Crippen molar-refractivity contribution in [2.24, 2.45) is 0 Å². The number of hydrogen-bond acceptors (Lipinski definition) is 4. The van der Waals surface area contributed by atoms with Crippen LogP contribution >= 0.6 is 0 Å². The summed E-state index contributed by atoms with van der Waals surface area (Å²) >= 11 is 0. The molecule has 0 fully saturated rings. The molecule has 12 heavy (non-hydrogen) atoms. The molecule has 0 rings (SSSR count). The topological polar surface area (TPSA) is 75.6 Å². The van der Waals surface area contributed by atoms with Crippen LogP contribution in [0, 0.1) is 0 Å². The van der Waals surface area contributed by atoms with Crippen LogP contribution in [0.2, 0.25) is 0 Å². The van der Waals surface area contributed by atoms with Gasteiger partial charge in [-0.25, -0.2) is 4.79 Å². The van der Waals surface area contributed by atoms with Crippen molar-refractivity contribution in [1.82, 2.24) is 5.32 Å². The van der Waals surface area contributed by atoms with Gasteiger partial charge in [0.2, 0.25) is 5.91 Å². The van der Waals surface area contributed by atoms with Gasteiger partial charge < -0.3 is 15.2 Å². The van der Waals surface area contributed by atoms with Crippen LogP contribution in [0.3, 0.4) is 0 Å². The SMILES string of the molecule is CC[C@H](NC(=O)CO)C(=O)OC. The number of ether oxygens (including phenoxy) is 1. The Kier molecular flexibility index (Phi) is 5.03. The van der Waals surface area contributed by atoms with E-state index < -0.39 is 24.5 Å². The third-order valence-corrected chi connectivity index (χ3v) is 1.37. The minimum absolute atomic E-state index is 0.443. The predicted molar refractivity (Wildman–Crippen MR) is 41.3 cm³/mol. The van der Waals surface area contributed by atoms with Crippen molar-refractivity contribution in [2.45, 2.75) is 19.4 Å². The molecule has 0 aliphatic carbocycles. The van der Waals surface area contributed by atoms with Crippen LogP contribution in [0.25, 0.3) is 0 Å². The first-order valence-electron chi connectivity index (χ1n) is 3.63. The fourth-order valence-corrected chi connectivity index (χ4v) is 0.710. The average Bonchev–Trinajstić information content (AvgIpc) is 2.12. The minimum atomic E-state index is -0.658. The lowest BCUT2D eigenvalue weighted by atomic mass is 10.2. The van der Waals surface area contributed by atoms with Gasteiger partial charge in [0.1, 0.15) is 12.6 Å². The van der Waals surface area contributed by atoms with Gasteiger partial charge in [-0.05, 0) is 6.42 Å². The highest BCUT2D eigenvalue weighted by atomic mass is 16.5. The van der Waals surface area contributed by atoms with Crippen molar-refractivity contribution >= 4 is 11.9 Å². The first-order valence-corrected chi connectivity index (χ1v) is 3.63. The van der Waals surface area contributed by atoms with Crippen molar-refractivity contribution in [2.75, 3.05) is 13.7 Å². The van der Waals surface area contributed by atoms with Crippen molar-refractivity contribution < 1.29 is 19.4 Å². The summed E-state index contributed by atoms with van der Waals surface area (Å²) in [5.74, 6) is -1.08. The number of amides is 1. The zero-order chi connectivity index (χ0) is 9.56. The van der Waals surface area contributed by atoms with Crippen LogP contribution in [0.4, 0.5) is 0 Å². The second-order valence-electron chi connectivity index (χ2n) is 2.21. The van der Waals surface area contributed by atoms with Crippen LogP contribution in [-0.2, 0) is 14.3 Å². The normalized spacial score (nSPS) is 11.9. The summed E-state index contributed by atoms with van der Waals surface area (Å²) in [4.78, 5) is 21.5. The van der Waals surface area contributed by atoms with Gasteiger partial charge in [-0.3, -0.25) is 4.79 Å². The van der Waals surface area contributed by atoms with Crippen LogP contribution < -0.4 is 5.32 Å². The van der Waals surface area contributed by atoms with Crippen molar-refractivity contribution in [3.8, 4) is 0 Å². The van der Waals surface area contributed by atoms with Crippen molar-refractivity contribution in [3.05, 3.63) is 0 Å². The molecular weight excluding hydrogens is 162 g/mol. The monoisotopic (exact) mass is 175 g/mol. The van der Waals surface area contributed by atoms with Crippen LogP contribution in [0.1, 0.15) is 13.3 Å². The molecule has 0 aromatic rings. The van der Waals surface area contributed by atoms with Crippen molar-refractivity contribution in [1.29, 1.82) is 0 Å². The van der Waals surface area contributed by atoms with E-state index >= 15 is 0 Å². The third kappa shape index (κ3) is 3.34. The number of rotatable bonds is 4. The fraction of sp³-hybridized carbons (Fsp3) is 0.714.